The molecule has 76 valence electrons. The first-order chi connectivity index (χ1) is 7.22. The van der Waals surface area contributed by atoms with Crippen molar-refractivity contribution in [1.29, 1.82) is 0 Å². The third kappa shape index (κ3) is 1.88. The molecule has 0 bridgehead atoms. The third-order valence-electron chi connectivity index (χ3n) is 2.25. The van der Waals surface area contributed by atoms with Crippen LogP contribution in [0.4, 0.5) is 0 Å². The Morgan fingerprint density at radius 3 is 2.80 bits per heavy atom. The van der Waals surface area contributed by atoms with Crippen molar-refractivity contribution in [3.63, 3.8) is 0 Å². The van der Waals surface area contributed by atoms with Gasteiger partial charge < -0.3 is 4.74 Å². The molecule has 15 heavy (non-hydrogen) atoms. The van der Waals surface area contributed by atoms with Gasteiger partial charge in [0.1, 0.15) is 0 Å². The van der Waals surface area contributed by atoms with Crippen molar-refractivity contribution in [2.75, 3.05) is 7.11 Å². The summed E-state index contributed by atoms with van der Waals surface area (Å²) in [4.78, 5) is 11.3. The van der Waals surface area contributed by atoms with Gasteiger partial charge in [-0.2, -0.15) is 0 Å². The van der Waals surface area contributed by atoms with Gasteiger partial charge in [0, 0.05) is 4.47 Å². The minimum Gasteiger partial charge on any atom is -0.465 e. The first-order valence-corrected chi connectivity index (χ1v) is 5.28. The number of carbonyl (C=O) groups excluding carboxylic acids is 1. The van der Waals surface area contributed by atoms with E-state index in [1.54, 1.807) is 6.07 Å². The van der Waals surface area contributed by atoms with Crippen molar-refractivity contribution >= 4 is 32.7 Å². The fourth-order valence-corrected chi connectivity index (χ4v) is 2.00. The van der Waals surface area contributed by atoms with Crippen LogP contribution in [0.25, 0.3) is 10.8 Å². The van der Waals surface area contributed by atoms with E-state index in [2.05, 4.69) is 20.7 Å². The minimum atomic E-state index is -0.308. The number of halogens is 1. The number of carbonyl (C=O) groups is 1. The summed E-state index contributed by atoms with van der Waals surface area (Å²) in [6, 6.07) is 11.4. The smallest absolute Gasteiger partial charge is 0.337 e. The molecule has 2 aromatic carbocycles. The van der Waals surface area contributed by atoms with E-state index >= 15 is 0 Å². The predicted octanol–water partition coefficient (Wildman–Crippen LogP) is 3.39. The molecule has 0 fully saturated rings. The SMILES string of the molecule is COC(=O)c1ccc2c(Br)cccc2c1. The van der Waals surface area contributed by atoms with Crippen LogP contribution in [0.5, 0.6) is 0 Å². The zero-order valence-corrected chi connectivity index (χ0v) is 9.74. The Morgan fingerprint density at radius 2 is 2.07 bits per heavy atom. The Bertz CT molecular complexity index is 520. The summed E-state index contributed by atoms with van der Waals surface area (Å²) in [7, 11) is 1.38. The van der Waals surface area contributed by atoms with Crippen molar-refractivity contribution in [1.82, 2.24) is 0 Å². The van der Waals surface area contributed by atoms with Crippen LogP contribution in [0.1, 0.15) is 10.4 Å². The molecule has 2 rings (SSSR count). The lowest BCUT2D eigenvalue weighted by molar-refractivity contribution is 0.0601. The van der Waals surface area contributed by atoms with Gasteiger partial charge in [-0.25, -0.2) is 4.79 Å². The summed E-state index contributed by atoms with van der Waals surface area (Å²) >= 11 is 3.46. The van der Waals surface area contributed by atoms with Gasteiger partial charge in [0.25, 0.3) is 0 Å². The second kappa shape index (κ2) is 4.03. The quantitative estimate of drug-likeness (QED) is 0.739. The topological polar surface area (TPSA) is 26.3 Å². The fraction of sp³-hybridized carbons (Fsp3) is 0.0833. The largest absolute Gasteiger partial charge is 0.465 e. The number of fused-ring (bicyclic) bond motifs is 1. The number of hydrogen-bond donors (Lipinski definition) is 0. The predicted molar refractivity (Wildman–Crippen MR) is 63.0 cm³/mol. The van der Waals surface area contributed by atoms with Gasteiger partial charge in [-0.1, -0.05) is 34.1 Å². The van der Waals surface area contributed by atoms with Crippen LogP contribution in [0.15, 0.2) is 40.9 Å². The standard InChI is InChI=1S/C12H9BrO2/c1-15-12(14)9-5-6-10-8(7-9)3-2-4-11(10)13/h2-7H,1H3. The normalized spacial score (nSPS) is 10.3. The van der Waals surface area contributed by atoms with Crippen LogP contribution >= 0.6 is 15.9 Å². The zero-order chi connectivity index (χ0) is 10.8. The molecule has 0 saturated heterocycles. The molecule has 0 aliphatic carbocycles. The molecule has 0 heterocycles. The van der Waals surface area contributed by atoms with Gasteiger partial charge in [-0.3, -0.25) is 0 Å². The van der Waals surface area contributed by atoms with E-state index in [-0.39, 0.29) is 5.97 Å². The van der Waals surface area contributed by atoms with Gasteiger partial charge >= 0.3 is 5.97 Å². The molecule has 0 N–H and O–H groups in total. The van der Waals surface area contributed by atoms with Gasteiger partial charge in [0.2, 0.25) is 0 Å². The van der Waals surface area contributed by atoms with Gasteiger partial charge in [-0.05, 0) is 29.0 Å². The summed E-state index contributed by atoms with van der Waals surface area (Å²) < 4.78 is 5.69. The Labute approximate surface area is 96.0 Å². The third-order valence-corrected chi connectivity index (χ3v) is 2.94. The molecular formula is C12H9BrO2. The van der Waals surface area contributed by atoms with Crippen LogP contribution in [0.3, 0.4) is 0 Å². The Hall–Kier alpha value is -1.35. The van der Waals surface area contributed by atoms with E-state index in [1.165, 1.54) is 7.11 Å². The number of rotatable bonds is 1. The maximum atomic E-state index is 11.3. The molecule has 2 nitrogen and oxygen atoms in total. The maximum absolute atomic E-state index is 11.3. The Balaban J connectivity index is 2.62. The van der Waals surface area contributed by atoms with Crippen LogP contribution in [0, 0.1) is 0 Å². The molecule has 0 aliphatic rings. The molecule has 3 heteroatoms. The summed E-state index contributed by atoms with van der Waals surface area (Å²) in [5.41, 5.74) is 0.572. The number of esters is 1. The molecule has 0 aliphatic heterocycles. The van der Waals surface area contributed by atoms with E-state index in [1.807, 2.05) is 30.3 Å². The van der Waals surface area contributed by atoms with E-state index in [0.717, 1.165) is 15.2 Å². The van der Waals surface area contributed by atoms with E-state index in [9.17, 15) is 4.79 Å². The molecule has 0 amide bonds. The number of hydrogen-bond acceptors (Lipinski definition) is 2. The van der Waals surface area contributed by atoms with Crippen LogP contribution in [0.2, 0.25) is 0 Å². The molecule has 0 atom stereocenters. The van der Waals surface area contributed by atoms with Gasteiger partial charge in [-0.15, -0.1) is 0 Å². The lowest BCUT2D eigenvalue weighted by Crippen LogP contribution is -2.00. The number of benzene rings is 2. The summed E-state index contributed by atoms with van der Waals surface area (Å²) in [6.07, 6.45) is 0. The van der Waals surface area contributed by atoms with Crippen molar-refractivity contribution < 1.29 is 9.53 Å². The minimum absolute atomic E-state index is 0.308. The van der Waals surface area contributed by atoms with Gasteiger partial charge in [0.15, 0.2) is 0 Å². The number of methoxy groups -OCH3 is 1. The summed E-state index contributed by atoms with van der Waals surface area (Å²) in [5.74, 6) is -0.308. The zero-order valence-electron chi connectivity index (χ0n) is 8.16. The van der Waals surface area contributed by atoms with Crippen LogP contribution in [-0.2, 0) is 4.74 Å². The molecule has 0 aromatic heterocycles. The second-order valence-corrected chi connectivity index (χ2v) is 4.02. The maximum Gasteiger partial charge on any atom is 0.337 e. The Morgan fingerprint density at radius 1 is 1.27 bits per heavy atom. The average molecular weight is 265 g/mol. The molecule has 0 radical (unpaired) electrons. The highest BCUT2D eigenvalue weighted by molar-refractivity contribution is 9.10. The van der Waals surface area contributed by atoms with Crippen molar-refractivity contribution in [3.8, 4) is 0 Å². The average Bonchev–Trinajstić information content (AvgIpc) is 2.28. The van der Waals surface area contributed by atoms with E-state index in [4.69, 9.17) is 0 Å². The fourth-order valence-electron chi connectivity index (χ4n) is 1.49. The lowest BCUT2D eigenvalue weighted by Gasteiger charge is -2.03. The molecular weight excluding hydrogens is 256 g/mol. The van der Waals surface area contributed by atoms with Crippen molar-refractivity contribution in [2.45, 2.75) is 0 Å². The first kappa shape index (κ1) is 10.2. The van der Waals surface area contributed by atoms with Gasteiger partial charge in [0.05, 0.1) is 12.7 Å². The number of ether oxygens (including phenoxy) is 1. The molecule has 0 saturated carbocycles. The van der Waals surface area contributed by atoms with Crippen LogP contribution in [-0.4, -0.2) is 13.1 Å². The monoisotopic (exact) mass is 264 g/mol. The lowest BCUT2D eigenvalue weighted by atomic mass is 10.1. The highest BCUT2D eigenvalue weighted by Gasteiger charge is 2.06. The van der Waals surface area contributed by atoms with Crippen molar-refractivity contribution in [3.05, 3.63) is 46.4 Å². The molecule has 0 spiro atoms. The van der Waals surface area contributed by atoms with E-state index in [0.29, 0.717) is 5.56 Å². The van der Waals surface area contributed by atoms with Crippen LogP contribution < -0.4 is 0 Å². The summed E-state index contributed by atoms with van der Waals surface area (Å²) in [5, 5.41) is 2.11. The highest BCUT2D eigenvalue weighted by atomic mass is 79.9. The first-order valence-electron chi connectivity index (χ1n) is 4.49. The highest BCUT2D eigenvalue weighted by Crippen LogP contribution is 2.24. The van der Waals surface area contributed by atoms with Crippen molar-refractivity contribution in [2.24, 2.45) is 0 Å². The second-order valence-electron chi connectivity index (χ2n) is 3.17. The molecule has 0 unspecified atom stereocenters. The Kier molecular flexibility index (Phi) is 2.73. The van der Waals surface area contributed by atoms with E-state index < -0.39 is 0 Å². The molecule has 2 aromatic rings. The summed E-state index contributed by atoms with van der Waals surface area (Å²) in [6.45, 7) is 0.